The van der Waals surface area contributed by atoms with Crippen LogP contribution < -0.4 is 5.32 Å². The zero-order valence-corrected chi connectivity index (χ0v) is 13.9. The van der Waals surface area contributed by atoms with Crippen molar-refractivity contribution in [1.29, 1.82) is 0 Å². The molecule has 0 aliphatic heterocycles. The molecule has 0 amide bonds. The van der Waals surface area contributed by atoms with Gasteiger partial charge in [0.15, 0.2) is 0 Å². The molecule has 102 valence electrons. The van der Waals surface area contributed by atoms with Crippen LogP contribution in [-0.2, 0) is 0 Å². The predicted molar refractivity (Wildman–Crippen MR) is 84.0 cm³/mol. The zero-order valence-electron chi connectivity index (χ0n) is 10.0. The van der Waals surface area contributed by atoms with Crippen molar-refractivity contribution >= 4 is 50.5 Å². The minimum absolute atomic E-state index is 0.271. The average molecular weight is 383 g/mol. The largest absolute Gasteiger partial charge is 0.306 e. The third-order valence-corrected chi connectivity index (χ3v) is 4.68. The standard InChI is InChI=1S/C13H11BrCl2FNS/c1-2-18-12(9-6-11(15)19-13(9)16)8-5-7(14)3-4-10(8)17/h3-6,12,18H,2H2,1H3. The average Bonchev–Trinajstić information content (AvgIpc) is 2.69. The van der Waals surface area contributed by atoms with E-state index < -0.39 is 0 Å². The maximum absolute atomic E-state index is 14.0. The summed E-state index contributed by atoms with van der Waals surface area (Å²) in [7, 11) is 0. The molecule has 1 aromatic heterocycles. The van der Waals surface area contributed by atoms with E-state index in [0.29, 0.717) is 20.8 Å². The van der Waals surface area contributed by atoms with Gasteiger partial charge in [0, 0.05) is 15.6 Å². The highest BCUT2D eigenvalue weighted by atomic mass is 79.9. The molecule has 19 heavy (non-hydrogen) atoms. The number of thiophene rings is 1. The molecule has 0 radical (unpaired) electrons. The molecule has 0 aliphatic carbocycles. The third kappa shape index (κ3) is 3.50. The van der Waals surface area contributed by atoms with Gasteiger partial charge in [-0.25, -0.2) is 4.39 Å². The monoisotopic (exact) mass is 381 g/mol. The van der Waals surface area contributed by atoms with Gasteiger partial charge in [-0.3, -0.25) is 0 Å². The van der Waals surface area contributed by atoms with Crippen molar-refractivity contribution in [2.45, 2.75) is 13.0 Å². The number of nitrogens with one attached hydrogen (secondary N) is 1. The molecule has 0 fully saturated rings. The fourth-order valence-electron chi connectivity index (χ4n) is 1.88. The second kappa shape index (κ2) is 6.55. The highest BCUT2D eigenvalue weighted by molar-refractivity contribution is 9.10. The fraction of sp³-hybridized carbons (Fsp3) is 0.231. The molecule has 2 rings (SSSR count). The van der Waals surface area contributed by atoms with Crippen molar-refractivity contribution in [1.82, 2.24) is 5.32 Å². The third-order valence-electron chi connectivity index (χ3n) is 2.67. The summed E-state index contributed by atoms with van der Waals surface area (Å²) in [5.74, 6) is -0.271. The molecule has 1 N–H and O–H groups in total. The molecule has 1 unspecified atom stereocenters. The molecule has 1 nitrogen and oxygen atoms in total. The van der Waals surface area contributed by atoms with E-state index in [2.05, 4.69) is 21.2 Å². The topological polar surface area (TPSA) is 12.0 Å². The second-order valence-corrected chi connectivity index (χ2v) is 7.14. The minimum atomic E-state index is -0.307. The number of hydrogen-bond acceptors (Lipinski definition) is 2. The van der Waals surface area contributed by atoms with Gasteiger partial charge in [0.1, 0.15) is 5.82 Å². The summed E-state index contributed by atoms with van der Waals surface area (Å²) in [5.41, 5.74) is 1.35. The smallest absolute Gasteiger partial charge is 0.128 e. The first-order chi connectivity index (χ1) is 9.02. The molecule has 1 aromatic carbocycles. The van der Waals surface area contributed by atoms with Gasteiger partial charge in [0.25, 0.3) is 0 Å². The van der Waals surface area contributed by atoms with Gasteiger partial charge in [-0.2, -0.15) is 0 Å². The predicted octanol–water partition coefficient (Wildman–Crippen LogP) is 5.66. The summed E-state index contributed by atoms with van der Waals surface area (Å²) < 4.78 is 16.0. The number of benzene rings is 1. The van der Waals surface area contributed by atoms with E-state index >= 15 is 0 Å². The molecule has 6 heteroatoms. The Kier molecular flexibility index (Phi) is 5.26. The van der Waals surface area contributed by atoms with Crippen molar-refractivity contribution < 1.29 is 4.39 Å². The highest BCUT2D eigenvalue weighted by Gasteiger charge is 2.21. The van der Waals surface area contributed by atoms with Crippen molar-refractivity contribution in [2.24, 2.45) is 0 Å². The molecule has 0 spiro atoms. The Bertz CT molecular complexity index is 588. The van der Waals surface area contributed by atoms with Crippen LogP contribution in [0.1, 0.15) is 24.1 Å². The lowest BCUT2D eigenvalue weighted by Crippen LogP contribution is -2.22. The lowest BCUT2D eigenvalue weighted by Gasteiger charge is -2.19. The van der Waals surface area contributed by atoms with Crippen molar-refractivity contribution in [2.75, 3.05) is 6.54 Å². The van der Waals surface area contributed by atoms with Crippen LogP contribution in [0.25, 0.3) is 0 Å². The SMILES string of the molecule is CCNC(c1cc(Br)ccc1F)c1cc(Cl)sc1Cl. The van der Waals surface area contributed by atoms with E-state index in [1.165, 1.54) is 17.4 Å². The maximum Gasteiger partial charge on any atom is 0.128 e. The summed E-state index contributed by atoms with van der Waals surface area (Å²) in [6.45, 7) is 2.66. The van der Waals surface area contributed by atoms with Gasteiger partial charge >= 0.3 is 0 Å². The van der Waals surface area contributed by atoms with Gasteiger partial charge in [0.2, 0.25) is 0 Å². The Morgan fingerprint density at radius 1 is 1.32 bits per heavy atom. The second-order valence-electron chi connectivity index (χ2n) is 3.94. The van der Waals surface area contributed by atoms with Gasteiger partial charge in [-0.15, -0.1) is 11.3 Å². The maximum atomic E-state index is 14.0. The molecule has 0 saturated heterocycles. The van der Waals surface area contributed by atoms with E-state index in [-0.39, 0.29) is 11.9 Å². The Morgan fingerprint density at radius 3 is 2.63 bits per heavy atom. The van der Waals surface area contributed by atoms with Crippen LogP contribution in [0.3, 0.4) is 0 Å². The highest BCUT2D eigenvalue weighted by Crippen LogP contribution is 2.38. The Morgan fingerprint density at radius 2 is 2.05 bits per heavy atom. The van der Waals surface area contributed by atoms with Crippen LogP contribution in [0, 0.1) is 5.82 Å². The first-order valence-electron chi connectivity index (χ1n) is 5.66. The van der Waals surface area contributed by atoms with E-state index in [1.807, 2.05) is 6.92 Å². The normalized spacial score (nSPS) is 12.7. The molecule has 0 saturated carbocycles. The van der Waals surface area contributed by atoms with Gasteiger partial charge in [0.05, 0.1) is 14.7 Å². The first kappa shape index (κ1) is 15.3. The van der Waals surface area contributed by atoms with Crippen LogP contribution in [0.2, 0.25) is 8.67 Å². The summed E-state index contributed by atoms with van der Waals surface area (Å²) in [4.78, 5) is 0. The van der Waals surface area contributed by atoms with E-state index in [4.69, 9.17) is 23.2 Å². The van der Waals surface area contributed by atoms with Crippen LogP contribution in [-0.4, -0.2) is 6.54 Å². The van der Waals surface area contributed by atoms with Crippen LogP contribution in [0.5, 0.6) is 0 Å². The van der Waals surface area contributed by atoms with Crippen molar-refractivity contribution in [3.63, 3.8) is 0 Å². The minimum Gasteiger partial charge on any atom is -0.306 e. The van der Waals surface area contributed by atoms with E-state index in [0.717, 1.165) is 10.0 Å². The van der Waals surface area contributed by atoms with Gasteiger partial charge < -0.3 is 5.32 Å². The fourth-order valence-corrected chi connectivity index (χ4v) is 3.79. The van der Waals surface area contributed by atoms with Crippen LogP contribution in [0.15, 0.2) is 28.7 Å². The lowest BCUT2D eigenvalue weighted by molar-refractivity contribution is 0.559. The van der Waals surface area contributed by atoms with Gasteiger partial charge in [-0.05, 0) is 30.8 Å². The molecule has 2 aromatic rings. The summed E-state index contributed by atoms with van der Waals surface area (Å²) in [6.07, 6.45) is 0. The summed E-state index contributed by atoms with van der Waals surface area (Å²) >= 11 is 16.8. The van der Waals surface area contributed by atoms with Gasteiger partial charge in [-0.1, -0.05) is 46.1 Å². The van der Waals surface area contributed by atoms with E-state index in [9.17, 15) is 4.39 Å². The van der Waals surface area contributed by atoms with Crippen molar-refractivity contribution in [3.8, 4) is 0 Å². The van der Waals surface area contributed by atoms with E-state index in [1.54, 1.807) is 18.2 Å². The molecule has 1 heterocycles. The van der Waals surface area contributed by atoms with Crippen LogP contribution >= 0.6 is 50.5 Å². The van der Waals surface area contributed by atoms with Crippen LogP contribution in [0.4, 0.5) is 4.39 Å². The molecule has 1 atom stereocenters. The number of rotatable bonds is 4. The Labute approximate surface area is 133 Å². The lowest BCUT2D eigenvalue weighted by atomic mass is 10.0. The summed E-state index contributed by atoms with van der Waals surface area (Å²) in [6, 6.07) is 6.33. The Balaban J connectivity index is 2.51. The number of hydrogen-bond donors (Lipinski definition) is 1. The molecule has 0 aliphatic rings. The first-order valence-corrected chi connectivity index (χ1v) is 8.02. The quantitative estimate of drug-likeness (QED) is 0.719. The molecular weight excluding hydrogens is 372 g/mol. The number of halogens is 4. The Hall–Kier alpha value is -0.130. The molecule has 0 bridgehead atoms. The molecular formula is C13H11BrCl2FNS. The van der Waals surface area contributed by atoms with Crippen molar-refractivity contribution in [3.05, 3.63) is 54.4 Å². The zero-order chi connectivity index (χ0) is 14.0. The summed E-state index contributed by atoms with van der Waals surface area (Å²) in [5, 5.41) is 3.24.